The molecule has 0 saturated heterocycles. The summed E-state index contributed by atoms with van der Waals surface area (Å²) in [5.41, 5.74) is 0.737. The van der Waals surface area contributed by atoms with E-state index in [0.717, 1.165) is 0 Å². The summed E-state index contributed by atoms with van der Waals surface area (Å²) < 4.78 is 13.0. The van der Waals surface area contributed by atoms with Crippen LogP contribution in [0, 0.1) is 18.7 Å². The normalized spacial score (nSPS) is 11.8. The van der Waals surface area contributed by atoms with Crippen LogP contribution in [0.5, 0.6) is 0 Å². The number of carbonyl (C=O) groups is 2. The number of aliphatic hydroxyl groups is 1. The second-order valence-electron chi connectivity index (χ2n) is 4.42. The van der Waals surface area contributed by atoms with Crippen LogP contribution in [-0.4, -0.2) is 30.1 Å². The maximum absolute atomic E-state index is 13.0. The highest BCUT2D eigenvalue weighted by atomic mass is 19.1. The van der Waals surface area contributed by atoms with Gasteiger partial charge >= 0.3 is 11.8 Å². The molecule has 3 N–H and O–H groups in total. The van der Waals surface area contributed by atoms with Gasteiger partial charge in [-0.05, 0) is 36.6 Å². The van der Waals surface area contributed by atoms with Crippen LogP contribution < -0.4 is 10.6 Å². The molecule has 0 saturated carbocycles. The first-order chi connectivity index (χ1) is 8.93. The monoisotopic (exact) mass is 268 g/mol. The summed E-state index contributed by atoms with van der Waals surface area (Å²) in [6.07, 6.45) is 0. The van der Waals surface area contributed by atoms with Crippen molar-refractivity contribution in [3.05, 3.63) is 29.6 Å². The molecule has 0 aliphatic carbocycles. The van der Waals surface area contributed by atoms with E-state index in [9.17, 15) is 14.0 Å². The Balaban J connectivity index is 2.54. The number of carbonyl (C=O) groups excluding carboxylic acids is 2. The fourth-order valence-electron chi connectivity index (χ4n) is 1.32. The van der Waals surface area contributed by atoms with Gasteiger partial charge in [0.25, 0.3) is 0 Å². The summed E-state index contributed by atoms with van der Waals surface area (Å²) in [6.45, 7) is 3.44. The maximum Gasteiger partial charge on any atom is 0.313 e. The Kier molecular flexibility index (Phi) is 5.44. The van der Waals surface area contributed by atoms with E-state index in [1.165, 1.54) is 18.2 Å². The third kappa shape index (κ3) is 4.67. The predicted molar refractivity (Wildman–Crippen MR) is 69.0 cm³/mol. The summed E-state index contributed by atoms with van der Waals surface area (Å²) in [7, 11) is 0. The molecular formula is C13H17FN2O3. The first-order valence-electron chi connectivity index (χ1n) is 5.90. The molecule has 2 amide bonds. The highest BCUT2D eigenvalue weighted by Gasteiger charge is 2.14. The SMILES string of the molecule is Cc1cc(NC(=O)C(=O)NCC(C)CO)ccc1F. The van der Waals surface area contributed by atoms with Crippen LogP contribution in [-0.2, 0) is 9.59 Å². The molecule has 1 unspecified atom stereocenters. The zero-order chi connectivity index (χ0) is 14.4. The quantitative estimate of drug-likeness (QED) is 0.707. The fourth-order valence-corrected chi connectivity index (χ4v) is 1.32. The summed E-state index contributed by atoms with van der Waals surface area (Å²) in [6, 6.07) is 4.04. The van der Waals surface area contributed by atoms with Crippen LogP contribution >= 0.6 is 0 Å². The number of aliphatic hydroxyl groups excluding tert-OH is 1. The number of anilines is 1. The van der Waals surface area contributed by atoms with E-state index in [2.05, 4.69) is 10.6 Å². The number of amides is 2. The molecule has 0 radical (unpaired) electrons. The van der Waals surface area contributed by atoms with Crippen LogP contribution in [0.4, 0.5) is 10.1 Å². The molecule has 19 heavy (non-hydrogen) atoms. The first-order valence-corrected chi connectivity index (χ1v) is 5.90. The Bertz CT molecular complexity index is 477. The van der Waals surface area contributed by atoms with Crippen molar-refractivity contribution in [3.8, 4) is 0 Å². The number of hydrogen-bond donors (Lipinski definition) is 3. The van der Waals surface area contributed by atoms with Crippen molar-refractivity contribution in [1.29, 1.82) is 0 Å². The van der Waals surface area contributed by atoms with Gasteiger partial charge in [0.05, 0.1) is 0 Å². The smallest absolute Gasteiger partial charge is 0.313 e. The Hall–Kier alpha value is -1.95. The molecule has 0 aliphatic rings. The molecule has 0 spiro atoms. The first kappa shape index (κ1) is 15.1. The Labute approximate surface area is 110 Å². The van der Waals surface area contributed by atoms with E-state index in [-0.39, 0.29) is 24.9 Å². The lowest BCUT2D eigenvalue weighted by Gasteiger charge is -2.10. The number of rotatable bonds is 4. The molecule has 0 aromatic heterocycles. The van der Waals surface area contributed by atoms with E-state index < -0.39 is 11.8 Å². The number of nitrogens with one attached hydrogen (secondary N) is 2. The zero-order valence-electron chi connectivity index (χ0n) is 10.9. The minimum Gasteiger partial charge on any atom is -0.396 e. The van der Waals surface area contributed by atoms with Crippen molar-refractivity contribution < 1.29 is 19.1 Å². The van der Waals surface area contributed by atoms with Crippen LogP contribution in [0.25, 0.3) is 0 Å². The minimum absolute atomic E-state index is 0.0704. The zero-order valence-corrected chi connectivity index (χ0v) is 10.9. The van der Waals surface area contributed by atoms with E-state index in [1.807, 2.05) is 0 Å². The third-order valence-corrected chi connectivity index (χ3v) is 2.54. The van der Waals surface area contributed by atoms with E-state index in [1.54, 1.807) is 13.8 Å². The summed E-state index contributed by atoms with van der Waals surface area (Å²) in [5.74, 6) is -2.11. The lowest BCUT2D eigenvalue weighted by Crippen LogP contribution is -2.38. The van der Waals surface area contributed by atoms with Crippen molar-refractivity contribution in [2.45, 2.75) is 13.8 Å². The standard InChI is InChI=1S/C13H17FN2O3/c1-8(7-17)6-15-12(18)13(19)16-10-3-4-11(14)9(2)5-10/h3-5,8,17H,6-7H2,1-2H3,(H,15,18)(H,16,19). The van der Waals surface area contributed by atoms with Gasteiger partial charge in [-0.1, -0.05) is 6.92 Å². The van der Waals surface area contributed by atoms with Gasteiger partial charge in [0.1, 0.15) is 5.82 Å². The van der Waals surface area contributed by atoms with Crippen LogP contribution in [0.15, 0.2) is 18.2 Å². The topological polar surface area (TPSA) is 78.4 Å². The highest BCUT2D eigenvalue weighted by Crippen LogP contribution is 2.13. The summed E-state index contributed by atoms with van der Waals surface area (Å²) in [4.78, 5) is 23.0. The number of halogens is 1. The molecule has 1 aromatic rings. The third-order valence-electron chi connectivity index (χ3n) is 2.54. The van der Waals surface area contributed by atoms with Crippen molar-refractivity contribution in [3.63, 3.8) is 0 Å². The average Bonchev–Trinajstić information content (AvgIpc) is 2.39. The molecule has 0 fully saturated rings. The summed E-state index contributed by atoms with van der Waals surface area (Å²) >= 11 is 0. The Morgan fingerprint density at radius 2 is 2.05 bits per heavy atom. The second-order valence-corrected chi connectivity index (χ2v) is 4.42. The van der Waals surface area contributed by atoms with Crippen molar-refractivity contribution in [1.82, 2.24) is 5.32 Å². The number of hydrogen-bond acceptors (Lipinski definition) is 3. The van der Waals surface area contributed by atoms with Crippen molar-refractivity contribution in [2.75, 3.05) is 18.5 Å². The molecular weight excluding hydrogens is 251 g/mol. The average molecular weight is 268 g/mol. The van der Waals surface area contributed by atoms with Gasteiger partial charge in [0.2, 0.25) is 0 Å². The Morgan fingerprint density at radius 3 is 2.63 bits per heavy atom. The molecule has 104 valence electrons. The molecule has 0 bridgehead atoms. The molecule has 5 nitrogen and oxygen atoms in total. The van der Waals surface area contributed by atoms with Crippen LogP contribution in [0.3, 0.4) is 0 Å². The highest BCUT2D eigenvalue weighted by molar-refractivity contribution is 6.39. The lowest BCUT2D eigenvalue weighted by atomic mass is 10.2. The molecule has 0 aliphatic heterocycles. The van der Waals surface area contributed by atoms with Gasteiger partial charge in [-0.3, -0.25) is 9.59 Å². The van der Waals surface area contributed by atoms with Crippen molar-refractivity contribution in [2.24, 2.45) is 5.92 Å². The molecule has 1 atom stereocenters. The van der Waals surface area contributed by atoms with E-state index >= 15 is 0 Å². The van der Waals surface area contributed by atoms with Gasteiger partial charge in [0, 0.05) is 18.8 Å². The predicted octanol–water partition coefficient (Wildman–Crippen LogP) is 0.817. The molecule has 1 rings (SSSR count). The van der Waals surface area contributed by atoms with Gasteiger partial charge in [-0.2, -0.15) is 0 Å². The van der Waals surface area contributed by atoms with Crippen LogP contribution in [0.2, 0.25) is 0 Å². The minimum atomic E-state index is -0.823. The van der Waals surface area contributed by atoms with Gasteiger partial charge in [-0.25, -0.2) is 4.39 Å². The number of aryl methyl sites for hydroxylation is 1. The maximum atomic E-state index is 13.0. The van der Waals surface area contributed by atoms with Crippen molar-refractivity contribution >= 4 is 17.5 Å². The van der Waals surface area contributed by atoms with Crippen LogP contribution in [0.1, 0.15) is 12.5 Å². The van der Waals surface area contributed by atoms with E-state index in [0.29, 0.717) is 11.3 Å². The lowest BCUT2D eigenvalue weighted by molar-refractivity contribution is -0.136. The second kappa shape index (κ2) is 6.84. The molecule has 6 heteroatoms. The van der Waals surface area contributed by atoms with Gasteiger partial charge < -0.3 is 15.7 Å². The van der Waals surface area contributed by atoms with Gasteiger partial charge in [0.15, 0.2) is 0 Å². The number of benzene rings is 1. The van der Waals surface area contributed by atoms with E-state index in [4.69, 9.17) is 5.11 Å². The molecule has 0 heterocycles. The van der Waals surface area contributed by atoms with Gasteiger partial charge in [-0.15, -0.1) is 0 Å². The summed E-state index contributed by atoms with van der Waals surface area (Å²) in [5, 5.41) is 13.6. The Morgan fingerprint density at radius 1 is 1.37 bits per heavy atom. The fraction of sp³-hybridized carbons (Fsp3) is 0.385. The molecule has 1 aromatic carbocycles. The largest absolute Gasteiger partial charge is 0.396 e.